The van der Waals surface area contributed by atoms with Crippen LogP contribution in [0.1, 0.15) is 28.6 Å². The summed E-state index contributed by atoms with van der Waals surface area (Å²) in [6.07, 6.45) is 0.267. The number of benzene rings is 1. The summed E-state index contributed by atoms with van der Waals surface area (Å²) in [5.74, 6) is -0.296. The highest BCUT2D eigenvalue weighted by atomic mass is 32.1. The van der Waals surface area contributed by atoms with Gasteiger partial charge in [0.05, 0.1) is 5.69 Å². The minimum Gasteiger partial charge on any atom is -0.397 e. The summed E-state index contributed by atoms with van der Waals surface area (Å²) < 4.78 is 1.03. The Bertz CT molecular complexity index is 679. The first-order valence-electron chi connectivity index (χ1n) is 6.87. The molecule has 2 rings (SSSR count). The number of amides is 2. The highest BCUT2D eigenvalue weighted by Crippen LogP contribution is 2.35. The first-order chi connectivity index (χ1) is 10.0. The third-order valence-electron chi connectivity index (χ3n) is 3.17. The molecule has 21 heavy (non-hydrogen) atoms. The number of rotatable bonds is 5. The molecule has 1 aromatic carbocycles. The molecule has 0 unspecified atom stereocenters. The lowest BCUT2D eigenvalue weighted by atomic mass is 10.1. The lowest BCUT2D eigenvalue weighted by molar-refractivity contribution is -0.120. The molecule has 0 radical (unpaired) electrons. The summed E-state index contributed by atoms with van der Waals surface area (Å²) in [6, 6.07) is 5.84. The number of hydrogen-bond donors (Lipinski definition) is 3. The summed E-state index contributed by atoms with van der Waals surface area (Å²) in [7, 11) is 0. The molecule has 0 fully saturated rings. The zero-order valence-corrected chi connectivity index (χ0v) is 13.0. The Balaban J connectivity index is 2.08. The zero-order valence-electron chi connectivity index (χ0n) is 12.2. The van der Waals surface area contributed by atoms with Gasteiger partial charge >= 0.3 is 0 Å². The van der Waals surface area contributed by atoms with E-state index in [-0.39, 0.29) is 18.2 Å². The topological polar surface area (TPSA) is 84.2 Å². The number of hydrogen-bond acceptors (Lipinski definition) is 4. The van der Waals surface area contributed by atoms with Gasteiger partial charge in [0, 0.05) is 29.6 Å². The number of nitrogen functional groups attached to an aromatic ring is 1. The molecule has 0 aliphatic carbocycles. The molecule has 0 aliphatic heterocycles. The van der Waals surface area contributed by atoms with E-state index in [2.05, 4.69) is 10.6 Å². The average Bonchev–Trinajstić information content (AvgIpc) is 2.78. The van der Waals surface area contributed by atoms with Crippen LogP contribution in [0.25, 0.3) is 10.1 Å². The molecule has 0 atom stereocenters. The predicted molar refractivity (Wildman–Crippen MR) is 86.6 cm³/mol. The standard InChI is InChI=1S/C15H19N3O2S/c1-3-17-11(19)7-8-18-15(20)14-12(16)10-6-4-5-9(2)13(10)21-14/h4-6H,3,7-8,16H2,1-2H3,(H,17,19)(H,18,20). The summed E-state index contributed by atoms with van der Waals surface area (Å²) in [4.78, 5) is 24.0. The molecule has 1 aromatic heterocycles. The van der Waals surface area contributed by atoms with Crippen LogP contribution in [-0.4, -0.2) is 24.9 Å². The van der Waals surface area contributed by atoms with Gasteiger partial charge in [-0.05, 0) is 19.4 Å². The molecule has 2 aromatic rings. The number of thiophene rings is 1. The van der Waals surface area contributed by atoms with E-state index in [4.69, 9.17) is 5.73 Å². The molecule has 0 saturated carbocycles. The SMILES string of the molecule is CCNC(=O)CCNC(=O)c1sc2c(C)cccc2c1N. The second kappa shape index (κ2) is 6.58. The van der Waals surface area contributed by atoms with Crippen molar-refractivity contribution in [1.82, 2.24) is 10.6 Å². The second-order valence-corrected chi connectivity index (χ2v) is 5.78. The van der Waals surface area contributed by atoms with E-state index in [1.54, 1.807) is 0 Å². The molecule has 4 N–H and O–H groups in total. The third-order valence-corrected chi connectivity index (χ3v) is 4.52. The van der Waals surface area contributed by atoms with Crippen molar-refractivity contribution in [2.75, 3.05) is 18.8 Å². The Morgan fingerprint density at radius 1 is 1.29 bits per heavy atom. The molecule has 0 saturated heterocycles. The summed E-state index contributed by atoms with van der Waals surface area (Å²) in [6.45, 7) is 4.75. The third kappa shape index (κ3) is 3.33. The highest BCUT2D eigenvalue weighted by molar-refractivity contribution is 7.21. The van der Waals surface area contributed by atoms with Crippen LogP contribution in [0.3, 0.4) is 0 Å². The van der Waals surface area contributed by atoms with Crippen LogP contribution in [0, 0.1) is 6.92 Å². The maximum Gasteiger partial charge on any atom is 0.263 e. The maximum absolute atomic E-state index is 12.2. The van der Waals surface area contributed by atoms with Crippen LogP contribution in [0.4, 0.5) is 5.69 Å². The zero-order chi connectivity index (χ0) is 15.4. The van der Waals surface area contributed by atoms with Gasteiger partial charge in [-0.15, -0.1) is 11.3 Å². The molecule has 112 valence electrons. The second-order valence-electron chi connectivity index (χ2n) is 4.76. The van der Waals surface area contributed by atoms with Crippen LogP contribution in [-0.2, 0) is 4.79 Å². The Hall–Kier alpha value is -2.08. The number of nitrogens with two attached hydrogens (primary N) is 1. The Kier molecular flexibility index (Phi) is 4.80. The van der Waals surface area contributed by atoms with E-state index < -0.39 is 0 Å². The fourth-order valence-electron chi connectivity index (χ4n) is 2.10. The summed E-state index contributed by atoms with van der Waals surface area (Å²) >= 11 is 1.39. The number of anilines is 1. The lowest BCUT2D eigenvalue weighted by Crippen LogP contribution is -2.30. The van der Waals surface area contributed by atoms with E-state index in [0.29, 0.717) is 23.7 Å². The van der Waals surface area contributed by atoms with Gasteiger partial charge in [-0.2, -0.15) is 0 Å². The molecule has 0 aliphatic rings. The van der Waals surface area contributed by atoms with Crippen molar-refractivity contribution in [3.05, 3.63) is 28.6 Å². The first kappa shape index (κ1) is 15.3. The number of fused-ring (bicyclic) bond motifs is 1. The minimum atomic E-state index is -0.225. The van der Waals surface area contributed by atoms with Gasteiger partial charge in [0.1, 0.15) is 4.88 Å². The summed E-state index contributed by atoms with van der Waals surface area (Å²) in [5, 5.41) is 6.34. The molecule has 6 heteroatoms. The fourth-order valence-corrected chi connectivity index (χ4v) is 3.21. The average molecular weight is 305 g/mol. The predicted octanol–water partition coefficient (Wildman–Crippen LogP) is 2.05. The van der Waals surface area contributed by atoms with E-state index in [9.17, 15) is 9.59 Å². The fraction of sp³-hybridized carbons (Fsp3) is 0.333. The number of carbonyl (C=O) groups excluding carboxylic acids is 2. The van der Waals surface area contributed by atoms with Crippen LogP contribution < -0.4 is 16.4 Å². The summed E-state index contributed by atoms with van der Waals surface area (Å²) in [5.41, 5.74) is 7.67. The first-order valence-corrected chi connectivity index (χ1v) is 7.68. The van der Waals surface area contributed by atoms with Crippen molar-refractivity contribution >= 4 is 38.9 Å². The molecule has 0 spiro atoms. The molecule has 2 amide bonds. The minimum absolute atomic E-state index is 0.0713. The van der Waals surface area contributed by atoms with E-state index >= 15 is 0 Å². The van der Waals surface area contributed by atoms with Crippen molar-refractivity contribution in [1.29, 1.82) is 0 Å². The largest absolute Gasteiger partial charge is 0.397 e. The highest BCUT2D eigenvalue weighted by Gasteiger charge is 2.17. The van der Waals surface area contributed by atoms with Gasteiger partial charge in [0.15, 0.2) is 0 Å². The van der Waals surface area contributed by atoms with E-state index in [0.717, 1.165) is 15.6 Å². The van der Waals surface area contributed by atoms with Crippen LogP contribution in [0.15, 0.2) is 18.2 Å². The van der Waals surface area contributed by atoms with Crippen molar-refractivity contribution in [3.8, 4) is 0 Å². The Morgan fingerprint density at radius 2 is 2.05 bits per heavy atom. The molecule has 5 nitrogen and oxygen atoms in total. The van der Waals surface area contributed by atoms with E-state index in [1.807, 2.05) is 32.0 Å². The lowest BCUT2D eigenvalue weighted by Gasteiger charge is -2.04. The van der Waals surface area contributed by atoms with E-state index in [1.165, 1.54) is 11.3 Å². The maximum atomic E-state index is 12.2. The molecular weight excluding hydrogens is 286 g/mol. The van der Waals surface area contributed by atoms with Crippen molar-refractivity contribution in [3.63, 3.8) is 0 Å². The van der Waals surface area contributed by atoms with Gasteiger partial charge in [-0.1, -0.05) is 18.2 Å². The monoisotopic (exact) mass is 305 g/mol. The van der Waals surface area contributed by atoms with Gasteiger partial charge in [-0.3, -0.25) is 9.59 Å². The van der Waals surface area contributed by atoms with Crippen LogP contribution >= 0.6 is 11.3 Å². The Labute approximate surface area is 127 Å². The van der Waals surface area contributed by atoms with Gasteiger partial charge in [0.2, 0.25) is 5.91 Å². The van der Waals surface area contributed by atoms with Crippen molar-refractivity contribution in [2.24, 2.45) is 0 Å². The Morgan fingerprint density at radius 3 is 2.71 bits per heavy atom. The van der Waals surface area contributed by atoms with Gasteiger partial charge in [0.25, 0.3) is 5.91 Å². The molecule has 0 bridgehead atoms. The van der Waals surface area contributed by atoms with Crippen LogP contribution in [0.2, 0.25) is 0 Å². The molecular formula is C15H19N3O2S. The van der Waals surface area contributed by atoms with Gasteiger partial charge in [-0.25, -0.2) is 0 Å². The van der Waals surface area contributed by atoms with Crippen molar-refractivity contribution < 1.29 is 9.59 Å². The smallest absolute Gasteiger partial charge is 0.263 e. The van der Waals surface area contributed by atoms with Crippen molar-refractivity contribution in [2.45, 2.75) is 20.3 Å². The number of aryl methyl sites for hydroxylation is 1. The quantitative estimate of drug-likeness (QED) is 0.790. The normalized spacial score (nSPS) is 10.6. The molecule has 1 heterocycles. The van der Waals surface area contributed by atoms with Crippen LogP contribution in [0.5, 0.6) is 0 Å². The number of carbonyl (C=O) groups is 2. The number of nitrogens with one attached hydrogen (secondary N) is 2. The van der Waals surface area contributed by atoms with Gasteiger partial charge < -0.3 is 16.4 Å².